The number of esters is 1. The Morgan fingerprint density at radius 2 is 2.00 bits per heavy atom. The Kier molecular flexibility index (Phi) is 5.94. The Morgan fingerprint density at radius 3 is 2.69 bits per heavy atom. The van der Waals surface area contributed by atoms with Gasteiger partial charge in [-0.05, 0) is 56.2 Å². The molecule has 1 aliphatic carbocycles. The Labute approximate surface area is 154 Å². The van der Waals surface area contributed by atoms with Gasteiger partial charge in [0.2, 0.25) is 0 Å². The van der Waals surface area contributed by atoms with Crippen molar-refractivity contribution < 1.29 is 18.7 Å². The lowest BCUT2D eigenvalue weighted by molar-refractivity contribution is -0.158. The second-order valence-corrected chi connectivity index (χ2v) is 7.52. The fourth-order valence-electron chi connectivity index (χ4n) is 4.48. The summed E-state index contributed by atoms with van der Waals surface area (Å²) in [4.78, 5) is 27.3. The van der Waals surface area contributed by atoms with Gasteiger partial charge in [-0.2, -0.15) is 0 Å². The number of carbonyl (C=O) groups is 2. The van der Waals surface area contributed by atoms with E-state index in [1.807, 2.05) is 4.90 Å². The van der Waals surface area contributed by atoms with Gasteiger partial charge in [0.05, 0.1) is 5.41 Å². The van der Waals surface area contributed by atoms with Crippen LogP contribution in [0.15, 0.2) is 24.3 Å². The molecule has 1 heterocycles. The summed E-state index contributed by atoms with van der Waals surface area (Å²) in [5.41, 5.74) is -0.147. The van der Waals surface area contributed by atoms with Crippen LogP contribution in [0.5, 0.6) is 0 Å². The molecule has 3 rings (SSSR count). The van der Waals surface area contributed by atoms with Crippen LogP contribution in [0.2, 0.25) is 0 Å². The zero-order valence-corrected chi connectivity index (χ0v) is 15.5. The van der Waals surface area contributed by atoms with Gasteiger partial charge in [-0.1, -0.05) is 31.9 Å². The summed E-state index contributed by atoms with van der Waals surface area (Å²) in [5, 5.41) is 0. The number of hydrogen-bond acceptors (Lipinski definition) is 3. The maximum Gasteiger partial charge on any atom is 0.317 e. The number of rotatable bonds is 5. The quantitative estimate of drug-likeness (QED) is 0.746. The minimum absolute atomic E-state index is 0.114. The predicted octanol–water partition coefficient (Wildman–Crippen LogP) is 3.97. The highest BCUT2D eigenvalue weighted by Crippen LogP contribution is 2.42. The zero-order chi connectivity index (χ0) is 18.6. The average Bonchev–Trinajstić information content (AvgIpc) is 3.17. The van der Waals surface area contributed by atoms with Crippen LogP contribution in [0.25, 0.3) is 0 Å². The van der Waals surface area contributed by atoms with Crippen molar-refractivity contribution in [1.82, 2.24) is 4.90 Å². The number of halogens is 1. The molecule has 0 radical (unpaired) electrons. The molecule has 0 bridgehead atoms. The van der Waals surface area contributed by atoms with Crippen LogP contribution >= 0.6 is 0 Å². The third-order valence-corrected chi connectivity index (χ3v) is 5.97. The Hall–Kier alpha value is -1.91. The summed E-state index contributed by atoms with van der Waals surface area (Å²) < 4.78 is 19.2. The lowest BCUT2D eigenvalue weighted by Gasteiger charge is -2.35. The van der Waals surface area contributed by atoms with Crippen molar-refractivity contribution in [3.8, 4) is 0 Å². The first-order valence-electron chi connectivity index (χ1n) is 9.79. The third kappa shape index (κ3) is 3.76. The van der Waals surface area contributed by atoms with E-state index < -0.39 is 5.41 Å². The molecule has 0 aromatic heterocycles. The highest BCUT2D eigenvalue weighted by molar-refractivity contribution is 5.87. The summed E-state index contributed by atoms with van der Waals surface area (Å²) in [6.45, 7) is 2.61. The lowest BCUT2D eigenvalue weighted by atomic mass is 9.79. The number of carbonyl (C=O) groups excluding carboxylic acids is 2. The average molecular weight is 361 g/mol. The van der Waals surface area contributed by atoms with Crippen molar-refractivity contribution in [2.45, 2.75) is 69.7 Å². The molecule has 0 N–H and O–H groups in total. The molecule has 26 heavy (non-hydrogen) atoms. The standard InChI is InChI=1S/C21H28FNO3/c1-2-18-10-3-6-13-23(18)19(24)15-26-20(25)21(11-4-5-12-21)16-8-7-9-17(22)14-16/h7-9,14,18H,2-6,10-13,15H2,1H3. The molecule has 2 fully saturated rings. The molecular formula is C21H28FNO3. The Balaban J connectivity index is 1.68. The van der Waals surface area contributed by atoms with Gasteiger partial charge in [-0.15, -0.1) is 0 Å². The van der Waals surface area contributed by atoms with Crippen molar-refractivity contribution in [2.75, 3.05) is 13.2 Å². The van der Waals surface area contributed by atoms with Crippen LogP contribution in [0.1, 0.15) is 63.9 Å². The van der Waals surface area contributed by atoms with E-state index in [4.69, 9.17) is 4.74 Å². The topological polar surface area (TPSA) is 46.6 Å². The van der Waals surface area contributed by atoms with Crippen molar-refractivity contribution in [3.05, 3.63) is 35.6 Å². The van der Waals surface area contributed by atoms with Crippen LogP contribution in [-0.2, 0) is 19.7 Å². The smallest absolute Gasteiger partial charge is 0.317 e. The van der Waals surface area contributed by atoms with Gasteiger partial charge < -0.3 is 9.64 Å². The zero-order valence-electron chi connectivity index (χ0n) is 15.5. The molecule has 2 aliphatic rings. The number of amides is 1. The van der Waals surface area contributed by atoms with Crippen LogP contribution < -0.4 is 0 Å². The number of benzene rings is 1. The van der Waals surface area contributed by atoms with Gasteiger partial charge in [0.15, 0.2) is 6.61 Å². The second-order valence-electron chi connectivity index (χ2n) is 7.52. The van der Waals surface area contributed by atoms with Crippen LogP contribution in [0.3, 0.4) is 0 Å². The lowest BCUT2D eigenvalue weighted by Crippen LogP contribution is -2.46. The summed E-state index contributed by atoms with van der Waals surface area (Å²) in [6, 6.07) is 6.46. The van der Waals surface area contributed by atoms with Gasteiger partial charge in [0, 0.05) is 12.6 Å². The van der Waals surface area contributed by atoms with Gasteiger partial charge >= 0.3 is 5.97 Å². The summed E-state index contributed by atoms with van der Waals surface area (Å²) in [7, 11) is 0. The van der Waals surface area contributed by atoms with Crippen LogP contribution in [0, 0.1) is 5.82 Å². The number of likely N-dealkylation sites (tertiary alicyclic amines) is 1. The summed E-state index contributed by atoms with van der Waals surface area (Å²) in [5.74, 6) is -0.854. The Morgan fingerprint density at radius 1 is 1.23 bits per heavy atom. The number of ether oxygens (including phenoxy) is 1. The van der Waals surface area contributed by atoms with Gasteiger partial charge in [-0.3, -0.25) is 9.59 Å². The first kappa shape index (κ1) is 18.9. The molecule has 5 heteroatoms. The van der Waals surface area contributed by atoms with Crippen molar-refractivity contribution >= 4 is 11.9 Å². The van der Waals surface area contributed by atoms with E-state index in [-0.39, 0.29) is 30.3 Å². The number of piperidine rings is 1. The van der Waals surface area contributed by atoms with E-state index in [0.29, 0.717) is 18.4 Å². The van der Waals surface area contributed by atoms with E-state index in [9.17, 15) is 14.0 Å². The largest absolute Gasteiger partial charge is 0.455 e. The molecule has 1 unspecified atom stereocenters. The predicted molar refractivity (Wildman–Crippen MR) is 97.1 cm³/mol. The summed E-state index contributed by atoms with van der Waals surface area (Å²) in [6.07, 6.45) is 7.19. The van der Waals surface area contributed by atoms with E-state index in [1.54, 1.807) is 12.1 Å². The monoisotopic (exact) mass is 361 g/mol. The molecule has 1 aliphatic heterocycles. The maximum absolute atomic E-state index is 13.7. The van der Waals surface area contributed by atoms with E-state index in [0.717, 1.165) is 45.1 Å². The van der Waals surface area contributed by atoms with E-state index in [1.165, 1.54) is 12.1 Å². The molecule has 1 aromatic rings. The first-order chi connectivity index (χ1) is 12.6. The SMILES string of the molecule is CCC1CCCCN1C(=O)COC(=O)C1(c2cccc(F)c2)CCCC1. The molecule has 1 saturated carbocycles. The van der Waals surface area contributed by atoms with Crippen LogP contribution in [0.4, 0.5) is 4.39 Å². The van der Waals surface area contributed by atoms with Gasteiger partial charge in [-0.25, -0.2) is 4.39 Å². The molecule has 4 nitrogen and oxygen atoms in total. The third-order valence-electron chi connectivity index (χ3n) is 5.97. The molecule has 142 valence electrons. The highest BCUT2D eigenvalue weighted by Gasteiger charge is 2.44. The normalized spacial score (nSPS) is 22.2. The molecular weight excluding hydrogens is 333 g/mol. The molecule has 1 amide bonds. The number of hydrogen-bond donors (Lipinski definition) is 0. The van der Waals surface area contributed by atoms with E-state index in [2.05, 4.69) is 6.92 Å². The van der Waals surface area contributed by atoms with Crippen molar-refractivity contribution in [3.63, 3.8) is 0 Å². The summed E-state index contributed by atoms with van der Waals surface area (Å²) >= 11 is 0. The molecule has 1 aromatic carbocycles. The van der Waals surface area contributed by atoms with Crippen molar-refractivity contribution in [2.24, 2.45) is 0 Å². The molecule has 1 atom stereocenters. The maximum atomic E-state index is 13.7. The minimum atomic E-state index is -0.811. The second kappa shape index (κ2) is 8.19. The number of nitrogens with zero attached hydrogens (tertiary/aromatic N) is 1. The van der Waals surface area contributed by atoms with Gasteiger partial charge in [0.1, 0.15) is 5.82 Å². The fourth-order valence-corrected chi connectivity index (χ4v) is 4.48. The van der Waals surface area contributed by atoms with Crippen molar-refractivity contribution in [1.29, 1.82) is 0 Å². The Bertz CT molecular complexity index is 654. The highest BCUT2D eigenvalue weighted by atomic mass is 19.1. The molecule has 0 spiro atoms. The fraction of sp³-hybridized carbons (Fsp3) is 0.619. The minimum Gasteiger partial charge on any atom is -0.455 e. The first-order valence-corrected chi connectivity index (χ1v) is 9.79. The van der Waals surface area contributed by atoms with Crippen LogP contribution in [-0.4, -0.2) is 36.0 Å². The van der Waals surface area contributed by atoms with Gasteiger partial charge in [0.25, 0.3) is 5.91 Å². The van der Waals surface area contributed by atoms with E-state index >= 15 is 0 Å². The molecule has 1 saturated heterocycles.